The summed E-state index contributed by atoms with van der Waals surface area (Å²) in [5.41, 5.74) is 3.99. The molecule has 0 spiro atoms. The summed E-state index contributed by atoms with van der Waals surface area (Å²) in [6.45, 7) is 40.3. The van der Waals surface area contributed by atoms with E-state index < -0.39 is 16.6 Å². The maximum absolute atomic E-state index is 13.6. The van der Waals surface area contributed by atoms with E-state index in [0.29, 0.717) is 25.1 Å². The number of carbonyl (C=O) groups excluding carboxylic acids is 1. The second kappa shape index (κ2) is 37.3. The Balaban J connectivity index is 1.35. The minimum absolute atomic E-state index is 0.0658. The van der Waals surface area contributed by atoms with Crippen molar-refractivity contribution in [3.8, 4) is 0 Å². The molecular formula is C71H123N3O4SSi2. The van der Waals surface area contributed by atoms with E-state index in [1.807, 2.05) is 0 Å². The van der Waals surface area contributed by atoms with Gasteiger partial charge in [-0.25, -0.2) is 0 Å². The van der Waals surface area contributed by atoms with Crippen LogP contribution >= 0.6 is 11.8 Å². The maximum atomic E-state index is 13.6. The molecule has 0 bridgehead atoms. The molecular weight excluding hydrogens is 1050 g/mol. The summed E-state index contributed by atoms with van der Waals surface area (Å²) in [7, 11) is -4.08. The zero-order valence-corrected chi connectivity index (χ0v) is 57.6. The summed E-state index contributed by atoms with van der Waals surface area (Å²) >= 11 is 2.08. The molecule has 0 saturated carbocycles. The first-order valence-electron chi connectivity index (χ1n) is 33.2. The van der Waals surface area contributed by atoms with Gasteiger partial charge in [0.2, 0.25) is 0 Å². The number of hydrogen-bond donors (Lipinski definition) is 0. The average molecular weight is 1170 g/mol. The van der Waals surface area contributed by atoms with Crippen LogP contribution in [-0.2, 0) is 23.1 Å². The Hall–Kier alpha value is -2.29. The SMILES string of the molecule is CCCCCCCCCCC(CN(CCCC(=O)OCCN1CC(C)N(CCCCSC(c2ccccc2)(c2ccccc2)c2ccccc2)CC1C)CC(CCCCCCCCCC)O[Si](C)(C)C(C)(C)C)O[Si](C)(C)C(C)(C)C. The van der Waals surface area contributed by atoms with Crippen molar-refractivity contribution in [3.05, 3.63) is 108 Å². The molecule has 3 aromatic carbocycles. The van der Waals surface area contributed by atoms with E-state index in [1.165, 1.54) is 126 Å². The van der Waals surface area contributed by atoms with E-state index in [0.717, 1.165) is 77.2 Å². The lowest BCUT2D eigenvalue weighted by molar-refractivity contribution is -0.144. The summed E-state index contributed by atoms with van der Waals surface area (Å²) in [6.07, 6.45) is 27.2. The molecule has 4 atom stereocenters. The second-order valence-corrected chi connectivity index (χ2v) is 38.5. The largest absolute Gasteiger partial charge is 0.464 e. The number of rotatable bonds is 42. The number of ether oxygens (including phenoxy) is 1. The summed E-state index contributed by atoms with van der Waals surface area (Å²) in [5, 5.41) is 0.271. The fraction of sp³-hybridized carbons (Fsp3) is 0.732. The lowest BCUT2D eigenvalue weighted by atomic mass is 9.84. The van der Waals surface area contributed by atoms with Crippen LogP contribution in [0.25, 0.3) is 0 Å². The number of nitrogens with zero attached hydrogens (tertiary/aromatic N) is 3. The zero-order valence-electron chi connectivity index (χ0n) is 54.8. The predicted molar refractivity (Wildman–Crippen MR) is 358 cm³/mol. The fourth-order valence-electron chi connectivity index (χ4n) is 11.5. The molecule has 81 heavy (non-hydrogen) atoms. The van der Waals surface area contributed by atoms with E-state index in [1.54, 1.807) is 0 Å². The van der Waals surface area contributed by atoms with Crippen LogP contribution in [0.2, 0.25) is 36.3 Å². The number of hydrogen-bond acceptors (Lipinski definition) is 8. The summed E-state index contributed by atoms with van der Waals surface area (Å²) in [4.78, 5) is 21.5. The minimum Gasteiger partial charge on any atom is -0.464 e. The molecule has 4 rings (SSSR count). The number of carbonyl (C=O) groups is 1. The predicted octanol–water partition coefficient (Wildman–Crippen LogP) is 19.4. The molecule has 460 valence electrons. The number of benzene rings is 3. The van der Waals surface area contributed by atoms with Gasteiger partial charge < -0.3 is 13.6 Å². The monoisotopic (exact) mass is 1170 g/mol. The molecule has 0 aromatic heterocycles. The third-order valence-electron chi connectivity index (χ3n) is 18.7. The topological polar surface area (TPSA) is 54.5 Å². The minimum atomic E-state index is -2.04. The van der Waals surface area contributed by atoms with Gasteiger partial charge in [-0.3, -0.25) is 19.5 Å². The van der Waals surface area contributed by atoms with Gasteiger partial charge in [-0.15, -0.1) is 11.8 Å². The van der Waals surface area contributed by atoms with E-state index in [4.69, 9.17) is 13.6 Å². The number of piperazine rings is 1. The van der Waals surface area contributed by atoms with Crippen molar-refractivity contribution in [2.24, 2.45) is 0 Å². The molecule has 3 aromatic rings. The molecule has 0 radical (unpaired) electrons. The van der Waals surface area contributed by atoms with Gasteiger partial charge in [-0.2, -0.15) is 0 Å². The molecule has 1 saturated heterocycles. The highest BCUT2D eigenvalue weighted by atomic mass is 32.2. The molecule has 0 aliphatic carbocycles. The van der Waals surface area contributed by atoms with Gasteiger partial charge in [0.25, 0.3) is 0 Å². The normalized spacial score (nSPS) is 17.0. The molecule has 1 aliphatic rings. The molecule has 1 heterocycles. The smallest absolute Gasteiger partial charge is 0.305 e. The molecule has 1 fully saturated rings. The Kier molecular flexibility index (Phi) is 32.8. The first kappa shape index (κ1) is 71.2. The Morgan fingerprint density at radius 1 is 0.543 bits per heavy atom. The van der Waals surface area contributed by atoms with Gasteiger partial charge in [0.05, 0.1) is 17.0 Å². The number of esters is 1. The van der Waals surface area contributed by atoms with Crippen molar-refractivity contribution in [1.82, 2.24) is 14.7 Å². The van der Waals surface area contributed by atoms with Crippen molar-refractivity contribution in [2.75, 3.05) is 58.2 Å². The first-order chi connectivity index (χ1) is 38.6. The van der Waals surface area contributed by atoms with Crippen LogP contribution in [0.15, 0.2) is 91.0 Å². The Bertz CT molecular complexity index is 1930. The standard InChI is InChI=1S/C71H123N3O4SSi2/c1-15-17-19-21-23-25-27-38-49-66(77-80(11,12)69(5,6)7)59-72(60-67(78-81(13,14)70(8,9)10)50-39-28-26-24-22-20-18-16-2)52-42-51-68(75)76-55-54-74-58-61(3)73(57-62(74)4)53-40-41-56-79-71(63-43-32-29-33-44-63,64-45-34-30-35-46-64)65-47-36-31-37-48-65/h29-37,43-48,61-62,66-67H,15-28,38-42,49-60H2,1-14H3. The quantitative estimate of drug-likeness (QED) is 0.0241. The lowest BCUT2D eigenvalue weighted by Gasteiger charge is -2.44. The molecule has 1 aliphatic heterocycles. The summed E-state index contributed by atoms with van der Waals surface area (Å²) < 4.78 is 20.6. The summed E-state index contributed by atoms with van der Waals surface area (Å²) in [5.74, 6) is 1.01. The van der Waals surface area contributed by atoms with Crippen LogP contribution in [0.3, 0.4) is 0 Å². The lowest BCUT2D eigenvalue weighted by Crippen LogP contribution is -2.57. The van der Waals surface area contributed by atoms with Crippen LogP contribution in [0.5, 0.6) is 0 Å². The van der Waals surface area contributed by atoms with Gasteiger partial charge in [-0.1, -0.05) is 249 Å². The summed E-state index contributed by atoms with van der Waals surface area (Å²) in [6, 6.07) is 34.1. The third kappa shape index (κ3) is 25.3. The van der Waals surface area contributed by atoms with Crippen molar-refractivity contribution in [3.63, 3.8) is 0 Å². The Labute approximate surface area is 506 Å². The van der Waals surface area contributed by atoms with Crippen molar-refractivity contribution >= 4 is 34.4 Å². The zero-order chi connectivity index (χ0) is 59.2. The molecule has 7 nitrogen and oxygen atoms in total. The van der Waals surface area contributed by atoms with Crippen LogP contribution in [0.4, 0.5) is 0 Å². The Morgan fingerprint density at radius 3 is 1.32 bits per heavy atom. The van der Waals surface area contributed by atoms with E-state index in [-0.39, 0.29) is 33.0 Å². The van der Waals surface area contributed by atoms with Gasteiger partial charge in [0.1, 0.15) is 6.61 Å². The first-order valence-corrected chi connectivity index (χ1v) is 40.0. The van der Waals surface area contributed by atoms with Gasteiger partial charge >= 0.3 is 5.97 Å². The van der Waals surface area contributed by atoms with E-state index >= 15 is 0 Å². The van der Waals surface area contributed by atoms with Crippen LogP contribution in [0.1, 0.15) is 227 Å². The highest BCUT2D eigenvalue weighted by Crippen LogP contribution is 2.49. The second-order valence-electron chi connectivity index (χ2n) is 27.6. The highest BCUT2D eigenvalue weighted by Gasteiger charge is 2.42. The Morgan fingerprint density at radius 2 is 0.926 bits per heavy atom. The number of thioether (sulfide) groups is 1. The van der Waals surface area contributed by atoms with E-state index in [9.17, 15) is 4.79 Å². The van der Waals surface area contributed by atoms with Crippen LogP contribution in [0, 0.1) is 0 Å². The van der Waals surface area contributed by atoms with Crippen molar-refractivity contribution in [2.45, 2.75) is 276 Å². The van der Waals surface area contributed by atoms with Crippen LogP contribution in [-0.4, -0.2) is 120 Å². The highest BCUT2D eigenvalue weighted by molar-refractivity contribution is 8.00. The van der Waals surface area contributed by atoms with Gasteiger partial charge in [-0.05, 0) is 118 Å². The van der Waals surface area contributed by atoms with Crippen molar-refractivity contribution in [1.29, 1.82) is 0 Å². The van der Waals surface area contributed by atoms with Gasteiger partial charge in [0.15, 0.2) is 16.6 Å². The van der Waals surface area contributed by atoms with E-state index in [2.05, 4.69) is 213 Å². The average Bonchev–Trinajstić information content (AvgIpc) is 3.45. The van der Waals surface area contributed by atoms with Gasteiger partial charge in [0, 0.05) is 51.2 Å². The van der Waals surface area contributed by atoms with Crippen LogP contribution < -0.4 is 0 Å². The number of unbranched alkanes of at least 4 members (excludes halogenated alkanes) is 15. The third-order valence-corrected chi connectivity index (χ3v) is 29.4. The maximum Gasteiger partial charge on any atom is 0.305 e. The fourth-order valence-corrected chi connectivity index (χ4v) is 15.8. The molecule has 0 amide bonds. The van der Waals surface area contributed by atoms with Crippen molar-refractivity contribution < 1.29 is 18.4 Å². The molecule has 10 heteroatoms. The molecule has 4 unspecified atom stereocenters. The molecule has 0 N–H and O–H groups in total.